The van der Waals surface area contributed by atoms with Crippen LogP contribution in [0.2, 0.25) is 0 Å². The molecule has 0 fully saturated rings. The molecule has 0 radical (unpaired) electrons. The molecule has 112 valence electrons. The highest BCUT2D eigenvalue weighted by Crippen LogP contribution is 2.14. The summed E-state index contributed by atoms with van der Waals surface area (Å²) in [4.78, 5) is 28.6. The molecule has 2 heterocycles. The number of carbonyl (C=O) groups excluding carboxylic acids is 1. The van der Waals surface area contributed by atoms with E-state index in [4.69, 9.17) is 0 Å². The number of rotatable bonds is 3. The van der Waals surface area contributed by atoms with Crippen molar-refractivity contribution in [2.45, 2.75) is 20.4 Å². The van der Waals surface area contributed by atoms with E-state index in [-0.39, 0.29) is 18.0 Å². The van der Waals surface area contributed by atoms with Crippen molar-refractivity contribution in [3.63, 3.8) is 0 Å². The number of amides is 1. The molecule has 2 aromatic heterocycles. The van der Waals surface area contributed by atoms with Gasteiger partial charge in [-0.25, -0.2) is 9.67 Å². The van der Waals surface area contributed by atoms with Crippen LogP contribution in [-0.2, 0) is 11.3 Å². The van der Waals surface area contributed by atoms with E-state index in [1.807, 2.05) is 31.4 Å². The third kappa shape index (κ3) is 2.75. The zero-order valence-electron chi connectivity index (χ0n) is 12.2. The zero-order valence-corrected chi connectivity index (χ0v) is 13.0. The minimum atomic E-state index is -0.321. The summed E-state index contributed by atoms with van der Waals surface area (Å²) in [7, 11) is 0. The molecule has 0 aliphatic heterocycles. The van der Waals surface area contributed by atoms with Crippen molar-refractivity contribution < 1.29 is 4.79 Å². The molecular formula is C15H14N4O2S. The maximum atomic E-state index is 12.4. The van der Waals surface area contributed by atoms with Crippen molar-refractivity contribution in [2.75, 3.05) is 5.32 Å². The van der Waals surface area contributed by atoms with Crippen molar-refractivity contribution >= 4 is 33.1 Å². The van der Waals surface area contributed by atoms with Gasteiger partial charge in [-0.2, -0.15) is 5.10 Å². The molecule has 1 N–H and O–H groups in total. The molecule has 0 spiro atoms. The Balaban J connectivity index is 1.89. The molecular weight excluding hydrogens is 300 g/mol. The summed E-state index contributed by atoms with van der Waals surface area (Å²) >= 11 is 1.35. The van der Waals surface area contributed by atoms with Crippen molar-refractivity contribution in [3.05, 3.63) is 51.4 Å². The predicted octanol–water partition coefficient (Wildman–Crippen LogP) is 2.11. The molecule has 7 heteroatoms. The van der Waals surface area contributed by atoms with E-state index in [0.29, 0.717) is 16.2 Å². The van der Waals surface area contributed by atoms with E-state index in [0.717, 1.165) is 11.1 Å². The molecule has 0 aliphatic carbocycles. The Labute approximate surface area is 130 Å². The van der Waals surface area contributed by atoms with Gasteiger partial charge in [0, 0.05) is 10.8 Å². The minimum Gasteiger partial charge on any atom is -0.300 e. The Kier molecular flexibility index (Phi) is 3.72. The van der Waals surface area contributed by atoms with Crippen molar-refractivity contribution in [2.24, 2.45) is 0 Å². The summed E-state index contributed by atoms with van der Waals surface area (Å²) < 4.78 is 1.19. The third-order valence-corrected chi connectivity index (χ3v) is 4.09. The van der Waals surface area contributed by atoms with Crippen LogP contribution in [0, 0.1) is 13.8 Å². The molecule has 0 saturated heterocycles. The second kappa shape index (κ2) is 5.69. The number of fused-ring (bicyclic) bond motifs is 1. The van der Waals surface area contributed by atoms with Gasteiger partial charge < -0.3 is 5.32 Å². The Morgan fingerprint density at radius 2 is 2.00 bits per heavy atom. The smallest absolute Gasteiger partial charge is 0.275 e. The fourth-order valence-corrected chi connectivity index (χ4v) is 2.92. The van der Waals surface area contributed by atoms with E-state index in [2.05, 4.69) is 15.4 Å². The normalized spacial score (nSPS) is 10.8. The summed E-state index contributed by atoms with van der Waals surface area (Å²) in [6.45, 7) is 3.54. The largest absolute Gasteiger partial charge is 0.300 e. The van der Waals surface area contributed by atoms with Crippen LogP contribution in [-0.4, -0.2) is 20.7 Å². The minimum absolute atomic E-state index is 0.136. The second-order valence-corrected chi connectivity index (χ2v) is 5.79. The quantitative estimate of drug-likeness (QED) is 0.803. The average Bonchev–Trinajstić information content (AvgIpc) is 2.89. The van der Waals surface area contributed by atoms with Crippen LogP contribution in [0.15, 0.2) is 34.4 Å². The van der Waals surface area contributed by atoms with Gasteiger partial charge in [0.15, 0.2) is 5.13 Å². The van der Waals surface area contributed by atoms with Crippen LogP contribution in [0.1, 0.15) is 11.4 Å². The summed E-state index contributed by atoms with van der Waals surface area (Å²) in [6, 6.07) is 7.25. The van der Waals surface area contributed by atoms with E-state index in [9.17, 15) is 9.59 Å². The number of nitrogens with one attached hydrogen (secondary N) is 1. The monoisotopic (exact) mass is 314 g/mol. The van der Waals surface area contributed by atoms with Crippen LogP contribution < -0.4 is 10.9 Å². The number of aryl methyl sites for hydroxylation is 2. The second-order valence-electron chi connectivity index (χ2n) is 4.94. The highest BCUT2D eigenvalue weighted by Gasteiger charge is 2.11. The highest BCUT2D eigenvalue weighted by atomic mass is 32.1. The van der Waals surface area contributed by atoms with Gasteiger partial charge in [-0.1, -0.05) is 18.2 Å². The third-order valence-electron chi connectivity index (χ3n) is 3.21. The molecule has 0 atom stereocenters. The molecule has 1 amide bonds. The highest BCUT2D eigenvalue weighted by molar-refractivity contribution is 7.13. The first kappa shape index (κ1) is 14.4. The van der Waals surface area contributed by atoms with Gasteiger partial charge in [0.25, 0.3) is 5.56 Å². The van der Waals surface area contributed by atoms with Gasteiger partial charge in [-0.3, -0.25) is 9.59 Å². The first-order valence-corrected chi connectivity index (χ1v) is 7.61. The standard InChI is InChI=1S/C15H14N4O2S/c1-9-8-22-15(16-9)17-13(20)7-19-14(21)12-6-4-3-5-11(12)10(2)18-19/h3-6,8H,7H2,1-2H3,(H,16,17,20). The summed E-state index contributed by atoms with van der Waals surface area (Å²) in [6.07, 6.45) is 0. The number of anilines is 1. The molecule has 3 aromatic rings. The SMILES string of the molecule is Cc1csc(NC(=O)Cn2nc(C)c3ccccc3c2=O)n1. The molecule has 0 unspecified atom stereocenters. The van der Waals surface area contributed by atoms with E-state index in [1.165, 1.54) is 16.0 Å². The maximum Gasteiger partial charge on any atom is 0.275 e. The average molecular weight is 314 g/mol. The number of hydrogen-bond donors (Lipinski definition) is 1. The predicted molar refractivity (Wildman–Crippen MR) is 86.2 cm³/mol. The Morgan fingerprint density at radius 3 is 2.68 bits per heavy atom. The van der Waals surface area contributed by atoms with Crippen molar-refractivity contribution in [1.82, 2.24) is 14.8 Å². The summed E-state index contributed by atoms with van der Waals surface area (Å²) in [5.74, 6) is -0.321. The van der Waals surface area contributed by atoms with Gasteiger partial charge in [-0.15, -0.1) is 11.3 Å². The lowest BCUT2D eigenvalue weighted by Crippen LogP contribution is -2.30. The van der Waals surface area contributed by atoms with Crippen LogP contribution in [0.5, 0.6) is 0 Å². The van der Waals surface area contributed by atoms with Crippen LogP contribution >= 0.6 is 11.3 Å². The van der Waals surface area contributed by atoms with Gasteiger partial charge in [0.05, 0.1) is 16.8 Å². The zero-order chi connectivity index (χ0) is 15.7. The lowest BCUT2D eigenvalue weighted by Gasteiger charge is -2.08. The number of hydrogen-bond acceptors (Lipinski definition) is 5. The lowest BCUT2D eigenvalue weighted by molar-refractivity contribution is -0.117. The van der Waals surface area contributed by atoms with E-state index in [1.54, 1.807) is 12.1 Å². The Hall–Kier alpha value is -2.54. The number of benzene rings is 1. The molecule has 0 bridgehead atoms. The fraction of sp³-hybridized carbons (Fsp3) is 0.200. The Bertz CT molecular complexity index is 913. The molecule has 0 saturated carbocycles. The summed E-state index contributed by atoms with van der Waals surface area (Å²) in [5.41, 5.74) is 1.29. The van der Waals surface area contributed by atoms with Crippen molar-refractivity contribution in [3.8, 4) is 0 Å². The van der Waals surface area contributed by atoms with Gasteiger partial charge in [-0.05, 0) is 19.9 Å². The topological polar surface area (TPSA) is 76.9 Å². The van der Waals surface area contributed by atoms with E-state index < -0.39 is 0 Å². The first-order valence-electron chi connectivity index (χ1n) is 6.73. The van der Waals surface area contributed by atoms with Crippen LogP contribution in [0.3, 0.4) is 0 Å². The molecule has 0 aliphatic rings. The van der Waals surface area contributed by atoms with Crippen molar-refractivity contribution in [1.29, 1.82) is 0 Å². The molecule has 22 heavy (non-hydrogen) atoms. The molecule has 3 rings (SSSR count). The molecule has 6 nitrogen and oxygen atoms in total. The number of nitrogens with zero attached hydrogens (tertiary/aromatic N) is 3. The number of thiazole rings is 1. The number of carbonyl (C=O) groups is 1. The van der Waals surface area contributed by atoms with Crippen LogP contribution in [0.4, 0.5) is 5.13 Å². The van der Waals surface area contributed by atoms with E-state index >= 15 is 0 Å². The molecule has 1 aromatic carbocycles. The Morgan fingerprint density at radius 1 is 1.27 bits per heavy atom. The van der Waals surface area contributed by atoms with Crippen LogP contribution in [0.25, 0.3) is 10.8 Å². The number of aromatic nitrogens is 3. The van der Waals surface area contributed by atoms with Gasteiger partial charge >= 0.3 is 0 Å². The lowest BCUT2D eigenvalue weighted by atomic mass is 10.1. The van der Waals surface area contributed by atoms with Gasteiger partial charge in [0.2, 0.25) is 5.91 Å². The van der Waals surface area contributed by atoms with Gasteiger partial charge in [0.1, 0.15) is 6.54 Å². The first-order chi connectivity index (χ1) is 10.5. The summed E-state index contributed by atoms with van der Waals surface area (Å²) in [5, 5.41) is 10.6. The maximum absolute atomic E-state index is 12.4. The fourth-order valence-electron chi connectivity index (χ4n) is 2.22.